The van der Waals surface area contributed by atoms with Crippen LogP contribution in [0.5, 0.6) is 5.75 Å². The van der Waals surface area contributed by atoms with E-state index >= 15 is 0 Å². The quantitative estimate of drug-likeness (QED) is 0.676. The molecule has 0 radical (unpaired) electrons. The summed E-state index contributed by atoms with van der Waals surface area (Å²) in [6.45, 7) is 2.84. The number of benzene rings is 3. The van der Waals surface area contributed by atoms with Gasteiger partial charge in [-0.1, -0.05) is 66.2 Å². The number of hydrogen-bond acceptors (Lipinski definition) is 3. The number of amides is 1. The SMILES string of the molecule is Cc1ccc(N2C(=O)CCC2(CN)c2ccccc2OCc2ccccc2)cc1. The molecule has 1 atom stereocenters. The van der Waals surface area contributed by atoms with Crippen LogP contribution in [0.1, 0.15) is 29.5 Å². The lowest BCUT2D eigenvalue weighted by Crippen LogP contribution is -2.49. The second kappa shape index (κ2) is 8.10. The van der Waals surface area contributed by atoms with E-state index in [1.807, 2.05) is 90.7 Å². The predicted octanol–water partition coefficient (Wildman–Crippen LogP) is 4.56. The average Bonchev–Trinajstić information content (AvgIpc) is 3.11. The number of carbonyl (C=O) groups excluding carboxylic acids is 1. The lowest BCUT2D eigenvalue weighted by atomic mass is 9.86. The zero-order valence-electron chi connectivity index (χ0n) is 16.7. The minimum absolute atomic E-state index is 0.0946. The standard InChI is InChI=1S/C25H26N2O2/c1-19-11-13-21(14-12-19)27-24(28)15-16-25(27,18-26)22-9-5-6-10-23(22)29-17-20-7-3-2-4-8-20/h2-14H,15-18,26H2,1H3. The summed E-state index contributed by atoms with van der Waals surface area (Å²) in [5, 5.41) is 0. The first-order chi connectivity index (χ1) is 14.1. The molecule has 0 spiro atoms. The minimum atomic E-state index is -0.611. The van der Waals surface area contributed by atoms with Gasteiger partial charge in [-0.25, -0.2) is 0 Å². The first-order valence-corrected chi connectivity index (χ1v) is 10.00. The van der Waals surface area contributed by atoms with E-state index in [1.165, 1.54) is 0 Å². The molecule has 0 aliphatic carbocycles. The minimum Gasteiger partial charge on any atom is -0.489 e. The van der Waals surface area contributed by atoms with Crippen LogP contribution in [0.25, 0.3) is 0 Å². The van der Waals surface area contributed by atoms with Gasteiger partial charge in [0.2, 0.25) is 5.91 Å². The summed E-state index contributed by atoms with van der Waals surface area (Å²) in [5.41, 5.74) is 9.83. The molecule has 1 unspecified atom stereocenters. The number of para-hydroxylation sites is 1. The Morgan fingerprint density at radius 1 is 0.966 bits per heavy atom. The van der Waals surface area contributed by atoms with Crippen molar-refractivity contribution in [1.82, 2.24) is 0 Å². The summed E-state index contributed by atoms with van der Waals surface area (Å²) in [4.78, 5) is 14.8. The van der Waals surface area contributed by atoms with Gasteiger partial charge in [-0.2, -0.15) is 0 Å². The molecule has 4 rings (SSSR count). The normalized spacial score (nSPS) is 18.8. The summed E-state index contributed by atoms with van der Waals surface area (Å²) < 4.78 is 6.21. The molecule has 4 nitrogen and oxygen atoms in total. The largest absolute Gasteiger partial charge is 0.489 e. The second-order valence-electron chi connectivity index (χ2n) is 7.57. The summed E-state index contributed by atoms with van der Waals surface area (Å²) in [6.07, 6.45) is 1.14. The summed E-state index contributed by atoms with van der Waals surface area (Å²) in [7, 11) is 0. The van der Waals surface area contributed by atoms with E-state index < -0.39 is 5.54 Å². The number of rotatable bonds is 6. The Kier molecular flexibility index (Phi) is 5.36. The molecule has 3 aromatic carbocycles. The van der Waals surface area contributed by atoms with E-state index in [2.05, 4.69) is 0 Å². The van der Waals surface area contributed by atoms with E-state index in [0.29, 0.717) is 26.0 Å². The Hall–Kier alpha value is -3.11. The highest BCUT2D eigenvalue weighted by molar-refractivity contribution is 5.98. The molecular formula is C25H26N2O2. The van der Waals surface area contributed by atoms with Gasteiger partial charge < -0.3 is 15.4 Å². The molecule has 1 heterocycles. The predicted molar refractivity (Wildman–Crippen MR) is 116 cm³/mol. The van der Waals surface area contributed by atoms with Crippen molar-refractivity contribution in [1.29, 1.82) is 0 Å². The Bertz CT molecular complexity index is 985. The van der Waals surface area contributed by atoms with Gasteiger partial charge in [-0.3, -0.25) is 4.79 Å². The Morgan fingerprint density at radius 2 is 1.66 bits per heavy atom. The number of ether oxygens (including phenoxy) is 1. The molecule has 0 bridgehead atoms. The van der Waals surface area contributed by atoms with Gasteiger partial charge in [0.15, 0.2) is 0 Å². The van der Waals surface area contributed by atoms with E-state index in [1.54, 1.807) is 0 Å². The lowest BCUT2D eigenvalue weighted by molar-refractivity contribution is -0.117. The fourth-order valence-electron chi connectivity index (χ4n) is 4.13. The van der Waals surface area contributed by atoms with Crippen molar-refractivity contribution in [2.75, 3.05) is 11.4 Å². The van der Waals surface area contributed by atoms with Crippen LogP contribution in [0.2, 0.25) is 0 Å². The van der Waals surface area contributed by atoms with Crippen LogP contribution in [-0.4, -0.2) is 12.5 Å². The third kappa shape index (κ3) is 3.64. The second-order valence-corrected chi connectivity index (χ2v) is 7.57. The van der Waals surface area contributed by atoms with Crippen LogP contribution in [0, 0.1) is 6.92 Å². The zero-order valence-corrected chi connectivity index (χ0v) is 16.7. The van der Waals surface area contributed by atoms with Crippen molar-refractivity contribution in [3.8, 4) is 5.75 Å². The molecule has 29 heavy (non-hydrogen) atoms. The Balaban J connectivity index is 1.72. The molecule has 0 saturated carbocycles. The van der Waals surface area contributed by atoms with E-state index in [9.17, 15) is 4.79 Å². The maximum Gasteiger partial charge on any atom is 0.227 e. The van der Waals surface area contributed by atoms with Crippen molar-refractivity contribution in [3.05, 3.63) is 95.6 Å². The Morgan fingerprint density at radius 3 is 2.38 bits per heavy atom. The molecule has 1 aliphatic rings. The molecule has 0 aromatic heterocycles. The Labute approximate surface area is 171 Å². The summed E-state index contributed by atoms with van der Waals surface area (Å²) >= 11 is 0. The molecule has 4 heteroatoms. The van der Waals surface area contributed by atoms with Gasteiger partial charge in [-0.15, -0.1) is 0 Å². The number of hydrogen-bond donors (Lipinski definition) is 1. The van der Waals surface area contributed by atoms with Crippen LogP contribution < -0.4 is 15.4 Å². The van der Waals surface area contributed by atoms with E-state index in [0.717, 1.165) is 28.1 Å². The first kappa shape index (κ1) is 19.2. The molecule has 1 fully saturated rings. The molecule has 2 N–H and O–H groups in total. The smallest absolute Gasteiger partial charge is 0.227 e. The molecular weight excluding hydrogens is 360 g/mol. The van der Waals surface area contributed by atoms with Gasteiger partial charge in [0, 0.05) is 24.2 Å². The zero-order chi connectivity index (χ0) is 20.3. The monoisotopic (exact) mass is 386 g/mol. The van der Waals surface area contributed by atoms with E-state index in [-0.39, 0.29) is 5.91 Å². The van der Waals surface area contributed by atoms with Crippen molar-refractivity contribution < 1.29 is 9.53 Å². The van der Waals surface area contributed by atoms with Gasteiger partial charge in [-0.05, 0) is 37.1 Å². The summed E-state index contributed by atoms with van der Waals surface area (Å²) in [6, 6.07) is 26.1. The van der Waals surface area contributed by atoms with Crippen LogP contribution in [-0.2, 0) is 16.9 Å². The maximum atomic E-state index is 12.9. The highest BCUT2D eigenvalue weighted by Crippen LogP contribution is 2.45. The topological polar surface area (TPSA) is 55.6 Å². The van der Waals surface area contributed by atoms with Gasteiger partial charge in [0.25, 0.3) is 0 Å². The maximum absolute atomic E-state index is 12.9. The van der Waals surface area contributed by atoms with Crippen LogP contribution in [0.4, 0.5) is 5.69 Å². The lowest BCUT2D eigenvalue weighted by Gasteiger charge is -2.39. The van der Waals surface area contributed by atoms with Crippen molar-refractivity contribution in [2.24, 2.45) is 5.73 Å². The first-order valence-electron chi connectivity index (χ1n) is 10.00. The van der Waals surface area contributed by atoms with Gasteiger partial charge in [0.1, 0.15) is 12.4 Å². The third-order valence-corrected chi connectivity index (χ3v) is 5.69. The molecule has 148 valence electrons. The van der Waals surface area contributed by atoms with Crippen LogP contribution in [0.15, 0.2) is 78.9 Å². The molecule has 1 saturated heterocycles. The van der Waals surface area contributed by atoms with Crippen molar-refractivity contribution in [2.45, 2.75) is 31.9 Å². The third-order valence-electron chi connectivity index (χ3n) is 5.69. The fraction of sp³-hybridized carbons (Fsp3) is 0.240. The number of nitrogens with zero attached hydrogens (tertiary/aromatic N) is 1. The van der Waals surface area contributed by atoms with Gasteiger partial charge in [0.05, 0.1) is 5.54 Å². The van der Waals surface area contributed by atoms with Crippen LogP contribution in [0.3, 0.4) is 0 Å². The van der Waals surface area contributed by atoms with Crippen LogP contribution >= 0.6 is 0 Å². The van der Waals surface area contributed by atoms with Crippen molar-refractivity contribution in [3.63, 3.8) is 0 Å². The molecule has 1 aliphatic heterocycles. The highest BCUT2D eigenvalue weighted by atomic mass is 16.5. The summed E-state index contributed by atoms with van der Waals surface area (Å²) in [5.74, 6) is 0.866. The average molecular weight is 386 g/mol. The van der Waals surface area contributed by atoms with Gasteiger partial charge >= 0.3 is 0 Å². The number of aryl methyl sites for hydroxylation is 1. The number of nitrogens with two attached hydrogens (primary N) is 1. The van der Waals surface area contributed by atoms with Crippen molar-refractivity contribution >= 4 is 11.6 Å². The number of anilines is 1. The number of carbonyl (C=O) groups is 1. The highest BCUT2D eigenvalue weighted by Gasteiger charge is 2.48. The fourth-order valence-corrected chi connectivity index (χ4v) is 4.13. The molecule has 3 aromatic rings. The van der Waals surface area contributed by atoms with E-state index in [4.69, 9.17) is 10.5 Å². The molecule has 1 amide bonds.